The van der Waals surface area contributed by atoms with Crippen LogP contribution in [0.5, 0.6) is 0 Å². The van der Waals surface area contributed by atoms with Crippen LogP contribution < -0.4 is 16.4 Å². The van der Waals surface area contributed by atoms with Crippen LogP contribution in [0.25, 0.3) is 0 Å². The molecule has 0 aromatic heterocycles. The summed E-state index contributed by atoms with van der Waals surface area (Å²) in [5.41, 5.74) is 6.98. The molecule has 1 unspecified atom stereocenters. The average molecular weight is 433 g/mol. The Hall–Kier alpha value is -2.91. The van der Waals surface area contributed by atoms with Gasteiger partial charge >= 0.3 is 6.03 Å². The lowest BCUT2D eigenvalue weighted by molar-refractivity contribution is -0.117. The second kappa shape index (κ2) is 10.2. The summed E-state index contributed by atoms with van der Waals surface area (Å²) in [6.45, 7) is 5.93. The van der Waals surface area contributed by atoms with Crippen molar-refractivity contribution in [2.24, 2.45) is 5.73 Å². The zero-order chi connectivity index (χ0) is 22.3. The maximum absolute atomic E-state index is 12.9. The minimum atomic E-state index is -3.69. The van der Waals surface area contributed by atoms with E-state index >= 15 is 0 Å². The van der Waals surface area contributed by atoms with Gasteiger partial charge in [0.15, 0.2) is 0 Å². The van der Waals surface area contributed by atoms with Gasteiger partial charge in [-0.2, -0.15) is 4.31 Å². The third kappa shape index (κ3) is 5.80. The third-order valence-corrected chi connectivity index (χ3v) is 6.89. The van der Waals surface area contributed by atoms with E-state index in [1.807, 2.05) is 30.3 Å². The predicted octanol–water partition coefficient (Wildman–Crippen LogP) is 2.24. The van der Waals surface area contributed by atoms with E-state index in [2.05, 4.69) is 10.6 Å². The van der Waals surface area contributed by atoms with Crippen molar-refractivity contribution in [1.82, 2.24) is 9.62 Å². The molecule has 0 aliphatic carbocycles. The SMILES string of the molecule is CCN(CC)S(=O)(=O)c1cc(NC(=O)C(Cc2ccccc2)NC(N)=O)ccc1C. The van der Waals surface area contributed by atoms with Crippen LogP contribution in [0.15, 0.2) is 53.4 Å². The highest BCUT2D eigenvalue weighted by Crippen LogP contribution is 2.24. The molecule has 2 rings (SSSR count). The van der Waals surface area contributed by atoms with Gasteiger partial charge in [-0.05, 0) is 30.2 Å². The van der Waals surface area contributed by atoms with E-state index < -0.39 is 28.0 Å². The molecule has 0 aliphatic heterocycles. The number of sulfonamides is 1. The van der Waals surface area contributed by atoms with Gasteiger partial charge < -0.3 is 16.4 Å². The van der Waals surface area contributed by atoms with Crippen molar-refractivity contribution < 1.29 is 18.0 Å². The van der Waals surface area contributed by atoms with Crippen LogP contribution in [-0.2, 0) is 21.2 Å². The van der Waals surface area contributed by atoms with Gasteiger partial charge in [-0.15, -0.1) is 0 Å². The van der Waals surface area contributed by atoms with Crippen LogP contribution in [0.3, 0.4) is 0 Å². The Bertz CT molecular complexity index is 989. The molecule has 0 radical (unpaired) electrons. The van der Waals surface area contributed by atoms with Gasteiger partial charge in [-0.25, -0.2) is 13.2 Å². The van der Waals surface area contributed by atoms with E-state index in [1.54, 1.807) is 32.9 Å². The summed E-state index contributed by atoms with van der Waals surface area (Å²) in [6.07, 6.45) is 0.242. The Morgan fingerprint density at radius 3 is 2.27 bits per heavy atom. The molecule has 30 heavy (non-hydrogen) atoms. The summed E-state index contributed by atoms with van der Waals surface area (Å²) in [6, 6.07) is 12.2. The van der Waals surface area contributed by atoms with Crippen LogP contribution in [0, 0.1) is 6.92 Å². The van der Waals surface area contributed by atoms with Crippen LogP contribution in [0.4, 0.5) is 10.5 Å². The molecular weight excluding hydrogens is 404 g/mol. The average Bonchev–Trinajstić information content (AvgIpc) is 2.70. The minimum absolute atomic E-state index is 0.131. The summed E-state index contributed by atoms with van der Waals surface area (Å²) in [5, 5.41) is 5.13. The van der Waals surface area contributed by atoms with Crippen molar-refractivity contribution in [3.05, 3.63) is 59.7 Å². The second-order valence-corrected chi connectivity index (χ2v) is 8.72. The number of nitrogens with zero attached hydrogens (tertiary/aromatic N) is 1. The largest absolute Gasteiger partial charge is 0.352 e. The van der Waals surface area contributed by atoms with Crippen molar-refractivity contribution in [2.45, 2.75) is 38.1 Å². The van der Waals surface area contributed by atoms with Gasteiger partial charge in [0.1, 0.15) is 6.04 Å². The van der Waals surface area contributed by atoms with Gasteiger partial charge in [0.05, 0.1) is 4.90 Å². The van der Waals surface area contributed by atoms with Crippen molar-refractivity contribution in [3.8, 4) is 0 Å². The zero-order valence-corrected chi connectivity index (χ0v) is 18.2. The second-order valence-electron chi connectivity index (χ2n) is 6.81. The summed E-state index contributed by atoms with van der Waals surface area (Å²) in [5.74, 6) is -0.493. The Morgan fingerprint density at radius 1 is 1.07 bits per heavy atom. The van der Waals surface area contributed by atoms with E-state index in [0.29, 0.717) is 24.3 Å². The van der Waals surface area contributed by atoms with Gasteiger partial charge in [0.25, 0.3) is 0 Å². The Morgan fingerprint density at radius 2 is 1.70 bits per heavy atom. The van der Waals surface area contributed by atoms with E-state index in [-0.39, 0.29) is 11.3 Å². The smallest absolute Gasteiger partial charge is 0.312 e. The first-order chi connectivity index (χ1) is 14.2. The fraction of sp³-hybridized carbons (Fsp3) is 0.333. The van der Waals surface area contributed by atoms with Crippen LogP contribution in [-0.4, -0.2) is 43.8 Å². The van der Waals surface area contributed by atoms with Crippen LogP contribution >= 0.6 is 0 Å². The molecule has 4 N–H and O–H groups in total. The minimum Gasteiger partial charge on any atom is -0.352 e. The number of carbonyl (C=O) groups is 2. The summed E-state index contributed by atoms with van der Waals surface area (Å²) < 4.78 is 27.2. The number of primary amides is 1. The first-order valence-corrected chi connectivity index (χ1v) is 11.1. The number of carbonyl (C=O) groups excluding carboxylic acids is 2. The molecule has 8 nitrogen and oxygen atoms in total. The number of nitrogens with two attached hydrogens (primary N) is 1. The van der Waals surface area contributed by atoms with Crippen molar-refractivity contribution in [1.29, 1.82) is 0 Å². The molecule has 1 atom stereocenters. The lowest BCUT2D eigenvalue weighted by atomic mass is 10.1. The lowest BCUT2D eigenvalue weighted by Crippen LogP contribution is -2.47. The molecule has 0 fully saturated rings. The maximum atomic E-state index is 12.9. The standard InChI is InChI=1S/C21H28N4O4S/c1-4-25(5-2)30(28,29)19-14-17(12-11-15(19)3)23-20(26)18(24-21(22)27)13-16-9-7-6-8-10-16/h6-12,14,18H,4-5,13H2,1-3H3,(H,23,26)(H3,22,24,27). The Labute approximate surface area is 177 Å². The van der Waals surface area contributed by atoms with Crippen molar-refractivity contribution in [2.75, 3.05) is 18.4 Å². The van der Waals surface area contributed by atoms with Crippen LogP contribution in [0.1, 0.15) is 25.0 Å². The predicted molar refractivity (Wildman–Crippen MR) is 117 cm³/mol. The summed E-state index contributed by atoms with van der Waals surface area (Å²) in [4.78, 5) is 24.3. The van der Waals surface area contributed by atoms with Crippen molar-refractivity contribution in [3.63, 3.8) is 0 Å². The first-order valence-electron chi connectivity index (χ1n) is 9.70. The lowest BCUT2D eigenvalue weighted by Gasteiger charge is -2.21. The fourth-order valence-electron chi connectivity index (χ4n) is 3.12. The fourth-order valence-corrected chi connectivity index (χ4v) is 4.83. The Kier molecular flexibility index (Phi) is 7.96. The molecule has 2 aromatic rings. The highest BCUT2D eigenvalue weighted by molar-refractivity contribution is 7.89. The monoisotopic (exact) mass is 432 g/mol. The van der Waals surface area contributed by atoms with E-state index in [9.17, 15) is 18.0 Å². The maximum Gasteiger partial charge on any atom is 0.312 e. The number of amides is 3. The van der Waals surface area contributed by atoms with E-state index in [1.165, 1.54) is 10.4 Å². The first kappa shape index (κ1) is 23.4. The number of benzene rings is 2. The van der Waals surface area contributed by atoms with Crippen molar-refractivity contribution >= 4 is 27.6 Å². The number of anilines is 1. The third-order valence-electron chi connectivity index (χ3n) is 4.69. The molecule has 0 aliphatic rings. The molecule has 0 heterocycles. The quantitative estimate of drug-likeness (QED) is 0.562. The number of hydrogen-bond donors (Lipinski definition) is 3. The molecule has 0 saturated carbocycles. The normalized spacial score (nSPS) is 12.4. The Balaban J connectivity index is 2.28. The summed E-state index contributed by atoms with van der Waals surface area (Å²) >= 11 is 0. The molecule has 9 heteroatoms. The van der Waals surface area contributed by atoms with Gasteiger partial charge in [-0.3, -0.25) is 4.79 Å². The zero-order valence-electron chi connectivity index (χ0n) is 17.4. The molecule has 0 bridgehead atoms. The van der Waals surface area contributed by atoms with E-state index in [0.717, 1.165) is 5.56 Å². The van der Waals surface area contributed by atoms with Gasteiger partial charge in [0.2, 0.25) is 15.9 Å². The number of urea groups is 1. The number of rotatable bonds is 9. The highest BCUT2D eigenvalue weighted by atomic mass is 32.2. The highest BCUT2D eigenvalue weighted by Gasteiger charge is 2.25. The molecule has 0 spiro atoms. The molecule has 162 valence electrons. The molecular formula is C21H28N4O4S. The van der Waals surface area contributed by atoms with Gasteiger partial charge in [0, 0.05) is 25.2 Å². The number of nitrogens with one attached hydrogen (secondary N) is 2. The molecule has 3 amide bonds. The molecule has 0 saturated heterocycles. The summed E-state index contributed by atoms with van der Waals surface area (Å²) in [7, 11) is -3.69. The topological polar surface area (TPSA) is 122 Å². The number of hydrogen-bond acceptors (Lipinski definition) is 4. The van der Waals surface area contributed by atoms with E-state index in [4.69, 9.17) is 5.73 Å². The number of aryl methyl sites for hydroxylation is 1. The van der Waals surface area contributed by atoms with Crippen LogP contribution in [0.2, 0.25) is 0 Å². The molecule has 2 aromatic carbocycles. The van der Waals surface area contributed by atoms with Gasteiger partial charge in [-0.1, -0.05) is 50.2 Å².